The molecule has 18 heavy (non-hydrogen) atoms. The molecule has 3 heteroatoms. The second kappa shape index (κ2) is 5.39. The molecule has 1 fully saturated rings. The average molecular weight is 246 g/mol. The first-order valence-electron chi connectivity index (χ1n) is 6.65. The van der Waals surface area contributed by atoms with Crippen LogP contribution in [0.5, 0.6) is 0 Å². The van der Waals surface area contributed by atoms with Crippen LogP contribution < -0.4 is 5.32 Å². The number of hydrogen-bond donors (Lipinski definition) is 1. The Morgan fingerprint density at radius 3 is 3.00 bits per heavy atom. The minimum Gasteiger partial charge on any atom is -0.367 e. The molecule has 0 radical (unpaired) electrons. The third-order valence-electron chi connectivity index (χ3n) is 3.95. The molecule has 2 atom stereocenters. The van der Waals surface area contributed by atoms with Crippen molar-refractivity contribution < 1.29 is 4.39 Å². The molecule has 0 heterocycles. The number of nitrogens with one attached hydrogen (secondary N) is 1. The van der Waals surface area contributed by atoms with Crippen molar-refractivity contribution in [2.24, 2.45) is 5.92 Å². The molecular formula is C15H19FN2. The van der Waals surface area contributed by atoms with Crippen LogP contribution in [0.1, 0.15) is 39.0 Å². The van der Waals surface area contributed by atoms with Crippen LogP contribution in [0.4, 0.5) is 10.1 Å². The van der Waals surface area contributed by atoms with E-state index in [0.29, 0.717) is 11.6 Å². The van der Waals surface area contributed by atoms with Crippen LogP contribution in [0.25, 0.3) is 0 Å². The molecule has 0 aliphatic heterocycles. The first-order chi connectivity index (χ1) is 8.70. The molecule has 1 saturated carbocycles. The predicted molar refractivity (Wildman–Crippen MR) is 70.6 cm³/mol. The number of rotatable bonds is 3. The van der Waals surface area contributed by atoms with E-state index in [1.807, 2.05) is 6.07 Å². The smallest absolute Gasteiger partial charge is 0.128 e. The zero-order valence-electron chi connectivity index (χ0n) is 10.7. The van der Waals surface area contributed by atoms with E-state index in [2.05, 4.69) is 18.3 Å². The normalized spacial score (nSPS) is 27.5. The molecule has 0 bridgehead atoms. The number of anilines is 1. The van der Waals surface area contributed by atoms with Gasteiger partial charge in [0.05, 0.1) is 6.07 Å². The van der Waals surface area contributed by atoms with Crippen molar-refractivity contribution in [3.05, 3.63) is 30.1 Å². The second-order valence-electron chi connectivity index (χ2n) is 5.07. The molecule has 1 N–H and O–H groups in total. The lowest BCUT2D eigenvalue weighted by Crippen LogP contribution is -2.46. The van der Waals surface area contributed by atoms with Crippen LogP contribution in [-0.4, -0.2) is 5.54 Å². The molecule has 0 aromatic heterocycles. The fraction of sp³-hybridized carbons (Fsp3) is 0.533. The van der Waals surface area contributed by atoms with Crippen molar-refractivity contribution in [2.75, 3.05) is 5.32 Å². The topological polar surface area (TPSA) is 35.8 Å². The van der Waals surface area contributed by atoms with Crippen molar-refractivity contribution in [3.8, 4) is 6.07 Å². The Labute approximate surface area is 108 Å². The highest BCUT2D eigenvalue weighted by molar-refractivity contribution is 5.48. The van der Waals surface area contributed by atoms with Crippen molar-refractivity contribution in [2.45, 2.75) is 44.6 Å². The van der Waals surface area contributed by atoms with E-state index in [-0.39, 0.29) is 5.82 Å². The molecule has 1 aliphatic carbocycles. The molecular weight excluding hydrogens is 227 g/mol. The lowest BCUT2D eigenvalue weighted by molar-refractivity contribution is 0.259. The molecule has 96 valence electrons. The number of benzene rings is 1. The van der Waals surface area contributed by atoms with Gasteiger partial charge in [-0.3, -0.25) is 0 Å². The van der Waals surface area contributed by atoms with Crippen LogP contribution >= 0.6 is 0 Å². The Bertz CT molecular complexity index is 452. The number of nitrogens with zero attached hydrogens (tertiary/aromatic N) is 1. The highest BCUT2D eigenvalue weighted by Crippen LogP contribution is 2.38. The zero-order chi connectivity index (χ0) is 13.0. The Balaban J connectivity index is 2.24. The zero-order valence-corrected chi connectivity index (χ0v) is 10.7. The van der Waals surface area contributed by atoms with E-state index < -0.39 is 5.54 Å². The summed E-state index contributed by atoms with van der Waals surface area (Å²) in [6.07, 6.45) is 5.15. The van der Waals surface area contributed by atoms with Gasteiger partial charge in [-0.05, 0) is 37.0 Å². The lowest BCUT2D eigenvalue weighted by atomic mass is 9.72. The van der Waals surface area contributed by atoms with E-state index in [1.165, 1.54) is 18.6 Å². The standard InChI is InChI=1S/C15H19FN2/c1-2-12-6-3-4-9-15(12,11-17)18-14-8-5-7-13(16)10-14/h5,7-8,10,12,18H,2-4,6,9H2,1H3. The number of nitriles is 1. The van der Waals surface area contributed by atoms with Crippen LogP contribution in [0.15, 0.2) is 24.3 Å². The molecule has 2 nitrogen and oxygen atoms in total. The number of hydrogen-bond acceptors (Lipinski definition) is 2. The van der Waals surface area contributed by atoms with Gasteiger partial charge in [-0.2, -0.15) is 5.26 Å². The van der Waals surface area contributed by atoms with Gasteiger partial charge in [-0.1, -0.05) is 32.3 Å². The monoisotopic (exact) mass is 246 g/mol. The molecule has 0 amide bonds. The van der Waals surface area contributed by atoms with Gasteiger partial charge >= 0.3 is 0 Å². The van der Waals surface area contributed by atoms with Gasteiger partial charge in [0.15, 0.2) is 0 Å². The van der Waals surface area contributed by atoms with Gasteiger partial charge in [0, 0.05) is 5.69 Å². The summed E-state index contributed by atoms with van der Waals surface area (Å²) in [6.45, 7) is 2.12. The molecule has 1 aromatic carbocycles. The van der Waals surface area contributed by atoms with Crippen LogP contribution in [-0.2, 0) is 0 Å². The quantitative estimate of drug-likeness (QED) is 0.871. The minimum absolute atomic E-state index is 0.267. The van der Waals surface area contributed by atoms with Gasteiger partial charge < -0.3 is 5.32 Å². The fourth-order valence-corrected chi connectivity index (χ4v) is 2.96. The highest BCUT2D eigenvalue weighted by atomic mass is 19.1. The van der Waals surface area contributed by atoms with Gasteiger partial charge in [-0.15, -0.1) is 0 Å². The SMILES string of the molecule is CCC1CCCCC1(C#N)Nc1cccc(F)c1. The van der Waals surface area contributed by atoms with E-state index in [4.69, 9.17) is 0 Å². The number of halogens is 1. The Hall–Kier alpha value is -1.56. The summed E-state index contributed by atoms with van der Waals surface area (Å²) in [4.78, 5) is 0. The molecule has 0 saturated heterocycles. The van der Waals surface area contributed by atoms with Gasteiger partial charge in [0.1, 0.15) is 11.4 Å². The predicted octanol–water partition coefficient (Wildman–Crippen LogP) is 4.10. The second-order valence-corrected chi connectivity index (χ2v) is 5.07. The first kappa shape index (κ1) is 12.9. The van der Waals surface area contributed by atoms with E-state index in [1.54, 1.807) is 6.07 Å². The molecule has 1 aliphatic rings. The van der Waals surface area contributed by atoms with Crippen molar-refractivity contribution in [3.63, 3.8) is 0 Å². The average Bonchev–Trinajstić information content (AvgIpc) is 2.39. The highest BCUT2D eigenvalue weighted by Gasteiger charge is 2.40. The maximum Gasteiger partial charge on any atom is 0.128 e. The molecule has 2 unspecified atom stereocenters. The maximum absolute atomic E-state index is 13.2. The summed E-state index contributed by atoms with van der Waals surface area (Å²) in [7, 11) is 0. The summed E-state index contributed by atoms with van der Waals surface area (Å²) in [5.41, 5.74) is 0.178. The van der Waals surface area contributed by atoms with Crippen molar-refractivity contribution in [1.29, 1.82) is 5.26 Å². The van der Waals surface area contributed by atoms with Gasteiger partial charge in [0.2, 0.25) is 0 Å². The summed E-state index contributed by atoms with van der Waals surface area (Å²) in [5, 5.41) is 12.9. The Morgan fingerprint density at radius 2 is 2.33 bits per heavy atom. The summed E-state index contributed by atoms with van der Waals surface area (Å²) in [6, 6.07) is 8.83. The van der Waals surface area contributed by atoms with Gasteiger partial charge in [-0.25, -0.2) is 4.39 Å². The third kappa shape index (κ3) is 2.48. The Kier molecular flexibility index (Phi) is 3.86. The molecule has 1 aromatic rings. The fourth-order valence-electron chi connectivity index (χ4n) is 2.96. The lowest BCUT2D eigenvalue weighted by Gasteiger charge is -2.39. The van der Waals surface area contributed by atoms with Crippen molar-refractivity contribution >= 4 is 5.69 Å². The first-order valence-corrected chi connectivity index (χ1v) is 6.65. The Morgan fingerprint density at radius 1 is 1.50 bits per heavy atom. The largest absolute Gasteiger partial charge is 0.367 e. The van der Waals surface area contributed by atoms with Crippen LogP contribution in [0.2, 0.25) is 0 Å². The molecule has 0 spiro atoms. The summed E-state index contributed by atoms with van der Waals surface area (Å²) in [5.74, 6) is 0.0801. The molecule has 2 rings (SSSR count). The summed E-state index contributed by atoms with van der Waals surface area (Å²) < 4.78 is 13.2. The van der Waals surface area contributed by atoms with Crippen LogP contribution in [0, 0.1) is 23.1 Å². The minimum atomic E-state index is -0.527. The summed E-state index contributed by atoms with van der Waals surface area (Å²) >= 11 is 0. The maximum atomic E-state index is 13.2. The van der Waals surface area contributed by atoms with Crippen molar-refractivity contribution in [1.82, 2.24) is 0 Å². The van der Waals surface area contributed by atoms with E-state index in [0.717, 1.165) is 25.7 Å². The third-order valence-corrected chi connectivity index (χ3v) is 3.95. The van der Waals surface area contributed by atoms with E-state index in [9.17, 15) is 9.65 Å². The van der Waals surface area contributed by atoms with Crippen LogP contribution in [0.3, 0.4) is 0 Å². The van der Waals surface area contributed by atoms with Gasteiger partial charge in [0.25, 0.3) is 0 Å². The van der Waals surface area contributed by atoms with E-state index >= 15 is 0 Å².